The molecular weight excluding hydrogens is 220 g/mol. The molecule has 0 aromatic heterocycles. The van der Waals surface area contributed by atoms with Crippen molar-refractivity contribution in [3.05, 3.63) is 0 Å². The molecule has 1 heterocycles. The first-order valence-electron chi connectivity index (χ1n) is 5.94. The number of piperidine rings is 1. The Balaban J connectivity index is 2.45. The lowest BCUT2D eigenvalue weighted by molar-refractivity contribution is -0.131. The van der Waals surface area contributed by atoms with E-state index in [2.05, 4.69) is 37.7 Å². The van der Waals surface area contributed by atoms with E-state index in [-0.39, 0.29) is 16.1 Å². The monoisotopic (exact) mass is 244 g/mol. The molecular formula is C12H24N2OS. The highest BCUT2D eigenvalue weighted by atomic mass is 32.2. The third-order valence-electron chi connectivity index (χ3n) is 3.48. The second kappa shape index (κ2) is 5.41. The van der Waals surface area contributed by atoms with Gasteiger partial charge in [0.1, 0.15) is 0 Å². The second-order valence-corrected chi connectivity index (χ2v) is 6.97. The summed E-state index contributed by atoms with van der Waals surface area (Å²) in [6.07, 6.45) is 3.97. The summed E-state index contributed by atoms with van der Waals surface area (Å²) in [5.41, 5.74) is -0.167. The molecule has 0 aromatic rings. The summed E-state index contributed by atoms with van der Waals surface area (Å²) in [5.74, 6) is 0.219. The topological polar surface area (TPSA) is 41.1 Å². The van der Waals surface area contributed by atoms with Crippen LogP contribution in [-0.4, -0.2) is 36.5 Å². The summed E-state index contributed by atoms with van der Waals surface area (Å²) in [6, 6.07) is 0. The third kappa shape index (κ3) is 3.67. The number of carbonyl (C=O) groups excluding carboxylic acids is 1. The Labute approximate surface area is 103 Å². The van der Waals surface area contributed by atoms with Gasteiger partial charge in [0.15, 0.2) is 0 Å². The fourth-order valence-electron chi connectivity index (χ4n) is 1.78. The van der Waals surface area contributed by atoms with Gasteiger partial charge >= 0.3 is 0 Å². The molecule has 0 bridgehead atoms. The van der Waals surface area contributed by atoms with Crippen molar-refractivity contribution in [2.24, 2.45) is 5.41 Å². The van der Waals surface area contributed by atoms with E-state index in [1.165, 1.54) is 0 Å². The van der Waals surface area contributed by atoms with E-state index in [4.69, 9.17) is 0 Å². The standard InChI is InChI=1S/C12H24N2OS/c1-11(2,16-4)9-14-10(15)12(3)5-7-13-8-6-12/h13H,5-9H2,1-4H3,(H,14,15). The van der Waals surface area contributed by atoms with Crippen molar-refractivity contribution < 1.29 is 4.79 Å². The van der Waals surface area contributed by atoms with Crippen LogP contribution in [0.25, 0.3) is 0 Å². The zero-order valence-corrected chi connectivity index (χ0v) is 11.7. The van der Waals surface area contributed by atoms with Gasteiger partial charge in [-0.25, -0.2) is 0 Å². The number of carbonyl (C=O) groups is 1. The highest BCUT2D eigenvalue weighted by Gasteiger charge is 2.34. The molecule has 2 N–H and O–H groups in total. The van der Waals surface area contributed by atoms with Crippen molar-refractivity contribution in [3.8, 4) is 0 Å². The Bertz CT molecular complexity index is 247. The van der Waals surface area contributed by atoms with E-state index in [0.29, 0.717) is 0 Å². The van der Waals surface area contributed by atoms with Gasteiger partial charge in [0.25, 0.3) is 0 Å². The largest absolute Gasteiger partial charge is 0.354 e. The Kier molecular flexibility index (Phi) is 4.68. The predicted molar refractivity (Wildman–Crippen MR) is 70.8 cm³/mol. The van der Waals surface area contributed by atoms with Gasteiger partial charge in [-0.3, -0.25) is 4.79 Å². The van der Waals surface area contributed by atoms with Crippen LogP contribution in [0.3, 0.4) is 0 Å². The van der Waals surface area contributed by atoms with E-state index >= 15 is 0 Å². The lowest BCUT2D eigenvalue weighted by Crippen LogP contribution is -2.48. The minimum atomic E-state index is -0.167. The van der Waals surface area contributed by atoms with Crippen molar-refractivity contribution in [1.29, 1.82) is 0 Å². The first kappa shape index (κ1) is 13.8. The number of nitrogens with one attached hydrogen (secondary N) is 2. The summed E-state index contributed by atoms with van der Waals surface area (Å²) in [4.78, 5) is 12.1. The van der Waals surface area contributed by atoms with E-state index in [0.717, 1.165) is 32.5 Å². The normalized spacial score (nSPS) is 20.5. The zero-order valence-electron chi connectivity index (χ0n) is 10.9. The van der Waals surface area contributed by atoms with Crippen LogP contribution in [0.15, 0.2) is 0 Å². The lowest BCUT2D eigenvalue weighted by atomic mass is 9.80. The van der Waals surface area contributed by atoms with Gasteiger partial charge in [-0.1, -0.05) is 6.92 Å². The van der Waals surface area contributed by atoms with Crippen LogP contribution >= 0.6 is 11.8 Å². The highest BCUT2D eigenvalue weighted by Crippen LogP contribution is 2.28. The summed E-state index contributed by atoms with van der Waals surface area (Å²) in [6.45, 7) is 9.04. The number of hydrogen-bond acceptors (Lipinski definition) is 3. The van der Waals surface area contributed by atoms with Crippen molar-refractivity contribution in [2.75, 3.05) is 25.9 Å². The SMILES string of the molecule is CSC(C)(C)CNC(=O)C1(C)CCNCC1. The fraction of sp³-hybridized carbons (Fsp3) is 0.917. The van der Waals surface area contributed by atoms with Gasteiger partial charge in [0.2, 0.25) is 5.91 Å². The van der Waals surface area contributed by atoms with Gasteiger partial charge in [0, 0.05) is 16.7 Å². The average Bonchev–Trinajstić information content (AvgIpc) is 2.27. The van der Waals surface area contributed by atoms with E-state index in [9.17, 15) is 4.79 Å². The molecule has 16 heavy (non-hydrogen) atoms. The number of amides is 1. The van der Waals surface area contributed by atoms with Gasteiger partial charge in [-0.15, -0.1) is 0 Å². The van der Waals surface area contributed by atoms with Crippen molar-refractivity contribution in [2.45, 2.75) is 38.4 Å². The molecule has 1 aliphatic rings. The summed E-state index contributed by atoms with van der Waals surface area (Å²) in [5, 5.41) is 6.39. The molecule has 0 aliphatic carbocycles. The average molecular weight is 244 g/mol. The molecule has 1 amide bonds. The van der Waals surface area contributed by atoms with Gasteiger partial charge in [-0.2, -0.15) is 11.8 Å². The van der Waals surface area contributed by atoms with Gasteiger partial charge < -0.3 is 10.6 Å². The van der Waals surface area contributed by atoms with E-state index in [1.54, 1.807) is 11.8 Å². The Morgan fingerprint density at radius 1 is 1.44 bits per heavy atom. The van der Waals surface area contributed by atoms with Crippen LogP contribution in [0.5, 0.6) is 0 Å². The van der Waals surface area contributed by atoms with Crippen LogP contribution in [0.4, 0.5) is 0 Å². The Morgan fingerprint density at radius 2 is 2.00 bits per heavy atom. The predicted octanol–water partition coefficient (Wildman–Crippen LogP) is 1.63. The van der Waals surface area contributed by atoms with Crippen molar-refractivity contribution in [1.82, 2.24) is 10.6 Å². The maximum absolute atomic E-state index is 12.1. The molecule has 1 saturated heterocycles. The van der Waals surface area contributed by atoms with E-state index in [1.807, 2.05) is 0 Å². The molecule has 94 valence electrons. The van der Waals surface area contributed by atoms with E-state index < -0.39 is 0 Å². The molecule has 0 unspecified atom stereocenters. The number of thioether (sulfide) groups is 1. The van der Waals surface area contributed by atoms with Crippen LogP contribution in [0.1, 0.15) is 33.6 Å². The molecule has 0 saturated carbocycles. The fourth-order valence-corrected chi connectivity index (χ4v) is 2.00. The highest BCUT2D eigenvalue weighted by molar-refractivity contribution is 7.99. The van der Waals surface area contributed by atoms with Crippen LogP contribution < -0.4 is 10.6 Å². The number of rotatable bonds is 4. The molecule has 0 atom stereocenters. The van der Waals surface area contributed by atoms with Crippen molar-refractivity contribution >= 4 is 17.7 Å². The molecule has 1 aliphatic heterocycles. The molecule has 0 aromatic carbocycles. The maximum Gasteiger partial charge on any atom is 0.226 e. The lowest BCUT2D eigenvalue weighted by Gasteiger charge is -2.34. The minimum Gasteiger partial charge on any atom is -0.354 e. The molecule has 1 fully saturated rings. The zero-order chi connectivity index (χ0) is 12.2. The van der Waals surface area contributed by atoms with Crippen LogP contribution in [-0.2, 0) is 4.79 Å². The van der Waals surface area contributed by atoms with Crippen LogP contribution in [0, 0.1) is 5.41 Å². The summed E-state index contributed by atoms with van der Waals surface area (Å²) < 4.78 is 0.124. The second-order valence-electron chi connectivity index (χ2n) is 5.46. The molecule has 1 rings (SSSR count). The first-order valence-corrected chi connectivity index (χ1v) is 7.16. The van der Waals surface area contributed by atoms with Crippen LogP contribution in [0.2, 0.25) is 0 Å². The quantitative estimate of drug-likeness (QED) is 0.790. The number of hydrogen-bond donors (Lipinski definition) is 2. The molecule has 4 heteroatoms. The van der Waals surface area contributed by atoms with Gasteiger partial charge in [-0.05, 0) is 46.0 Å². The van der Waals surface area contributed by atoms with Crippen molar-refractivity contribution in [3.63, 3.8) is 0 Å². The molecule has 0 radical (unpaired) electrons. The molecule has 0 spiro atoms. The Hall–Kier alpha value is -0.220. The first-order chi connectivity index (χ1) is 7.40. The van der Waals surface area contributed by atoms with Gasteiger partial charge in [0.05, 0.1) is 0 Å². The smallest absolute Gasteiger partial charge is 0.226 e. The summed E-state index contributed by atoms with van der Waals surface area (Å²) >= 11 is 1.79. The summed E-state index contributed by atoms with van der Waals surface area (Å²) in [7, 11) is 0. The Morgan fingerprint density at radius 3 is 2.50 bits per heavy atom. The minimum absolute atomic E-state index is 0.124. The third-order valence-corrected chi connectivity index (χ3v) is 4.73. The molecule has 3 nitrogen and oxygen atoms in total. The maximum atomic E-state index is 12.1.